The third-order valence-electron chi connectivity index (χ3n) is 3.44. The van der Waals surface area contributed by atoms with Crippen LogP contribution in [0.2, 0.25) is 0 Å². The Labute approximate surface area is 144 Å². The lowest BCUT2D eigenvalue weighted by atomic mass is 10.1. The number of thiophene rings is 1. The zero-order valence-electron chi connectivity index (χ0n) is 12.9. The summed E-state index contributed by atoms with van der Waals surface area (Å²) in [4.78, 5) is 25.3. The normalized spacial score (nSPS) is 10.2. The van der Waals surface area contributed by atoms with Gasteiger partial charge in [-0.2, -0.15) is 0 Å². The Bertz CT molecular complexity index is 812. The van der Waals surface area contributed by atoms with E-state index >= 15 is 0 Å². The van der Waals surface area contributed by atoms with Gasteiger partial charge in [0.05, 0.1) is 6.54 Å². The fourth-order valence-corrected chi connectivity index (χ4v) is 2.82. The molecule has 0 unspecified atom stereocenters. The number of benzene rings is 2. The maximum atomic E-state index is 12.1. The van der Waals surface area contributed by atoms with Crippen LogP contribution in [0.3, 0.4) is 0 Å². The van der Waals surface area contributed by atoms with Crippen molar-refractivity contribution in [3.63, 3.8) is 0 Å². The van der Waals surface area contributed by atoms with Gasteiger partial charge in [0.25, 0.3) is 11.8 Å². The van der Waals surface area contributed by atoms with Crippen LogP contribution >= 0.6 is 11.3 Å². The molecule has 0 atom stereocenters. The third kappa shape index (κ3) is 4.08. The summed E-state index contributed by atoms with van der Waals surface area (Å²) in [5, 5.41) is 7.66. The lowest BCUT2D eigenvalue weighted by Crippen LogP contribution is -2.22. The summed E-state index contributed by atoms with van der Waals surface area (Å²) in [5.41, 5.74) is 1.80. The summed E-state index contributed by atoms with van der Waals surface area (Å²) in [6, 6.07) is 19.8. The molecule has 5 heteroatoms. The van der Waals surface area contributed by atoms with Crippen molar-refractivity contribution in [2.75, 3.05) is 5.32 Å². The zero-order chi connectivity index (χ0) is 16.8. The van der Waals surface area contributed by atoms with Gasteiger partial charge in [-0.15, -0.1) is 11.3 Å². The van der Waals surface area contributed by atoms with Crippen LogP contribution in [0.15, 0.2) is 72.1 Å². The topological polar surface area (TPSA) is 58.2 Å². The van der Waals surface area contributed by atoms with E-state index in [1.54, 1.807) is 47.7 Å². The number of hydrogen-bond donors (Lipinski definition) is 2. The fourth-order valence-electron chi connectivity index (χ4n) is 2.18. The largest absolute Gasteiger partial charge is 0.347 e. The molecule has 2 amide bonds. The van der Waals surface area contributed by atoms with E-state index in [-0.39, 0.29) is 11.8 Å². The molecule has 3 aromatic rings. The number of hydrogen-bond acceptors (Lipinski definition) is 3. The number of carbonyl (C=O) groups excluding carboxylic acids is 2. The van der Waals surface area contributed by atoms with Crippen molar-refractivity contribution in [2.24, 2.45) is 0 Å². The monoisotopic (exact) mass is 336 g/mol. The Kier molecular flexibility index (Phi) is 5.03. The molecule has 0 saturated carbocycles. The summed E-state index contributed by atoms with van der Waals surface area (Å²) in [5.74, 6) is -0.310. The molecule has 0 aliphatic heterocycles. The predicted octanol–water partition coefficient (Wildman–Crippen LogP) is 3.93. The van der Waals surface area contributed by atoms with Crippen LogP contribution in [0.4, 0.5) is 5.69 Å². The van der Waals surface area contributed by atoms with E-state index in [9.17, 15) is 9.59 Å². The first-order chi connectivity index (χ1) is 11.7. The number of nitrogens with one attached hydrogen (secondary N) is 2. The summed E-state index contributed by atoms with van der Waals surface area (Å²) < 4.78 is 0. The van der Waals surface area contributed by atoms with Gasteiger partial charge in [-0.1, -0.05) is 24.3 Å². The smallest absolute Gasteiger partial charge is 0.255 e. The van der Waals surface area contributed by atoms with Gasteiger partial charge in [0.2, 0.25) is 0 Å². The second-order valence-electron chi connectivity index (χ2n) is 5.16. The van der Waals surface area contributed by atoms with Gasteiger partial charge < -0.3 is 10.6 Å². The number of rotatable bonds is 5. The summed E-state index contributed by atoms with van der Waals surface area (Å²) >= 11 is 1.61. The average Bonchev–Trinajstić information content (AvgIpc) is 3.14. The van der Waals surface area contributed by atoms with Crippen LogP contribution in [-0.4, -0.2) is 11.8 Å². The van der Waals surface area contributed by atoms with Gasteiger partial charge in [0.15, 0.2) is 0 Å². The third-order valence-corrected chi connectivity index (χ3v) is 4.32. The molecular weight excluding hydrogens is 320 g/mol. The molecule has 0 aliphatic carbocycles. The second kappa shape index (κ2) is 7.57. The Morgan fingerprint density at radius 3 is 2.17 bits per heavy atom. The lowest BCUT2D eigenvalue weighted by Gasteiger charge is -2.07. The van der Waals surface area contributed by atoms with Gasteiger partial charge in [-0.25, -0.2) is 0 Å². The molecular formula is C19H16N2O2S. The second-order valence-corrected chi connectivity index (χ2v) is 6.19. The van der Waals surface area contributed by atoms with Crippen molar-refractivity contribution in [2.45, 2.75) is 6.54 Å². The molecule has 2 aromatic carbocycles. The van der Waals surface area contributed by atoms with Crippen LogP contribution in [0.25, 0.3) is 0 Å². The highest BCUT2D eigenvalue weighted by Crippen LogP contribution is 2.12. The van der Waals surface area contributed by atoms with Crippen LogP contribution in [0.1, 0.15) is 25.6 Å². The minimum absolute atomic E-state index is 0.135. The molecule has 120 valence electrons. The molecule has 2 N–H and O–H groups in total. The van der Waals surface area contributed by atoms with Crippen molar-refractivity contribution in [3.05, 3.63) is 88.1 Å². The minimum atomic E-state index is -0.175. The van der Waals surface area contributed by atoms with Gasteiger partial charge >= 0.3 is 0 Å². The molecule has 0 fully saturated rings. The first-order valence-electron chi connectivity index (χ1n) is 7.49. The molecule has 24 heavy (non-hydrogen) atoms. The molecule has 0 saturated heterocycles. The molecule has 1 heterocycles. The SMILES string of the molecule is O=C(NCc1cccs1)c1ccc(NC(=O)c2ccccc2)cc1. The van der Waals surface area contributed by atoms with Gasteiger partial charge in [-0.05, 0) is 47.8 Å². The maximum absolute atomic E-state index is 12.1. The molecule has 0 radical (unpaired) electrons. The van der Waals surface area contributed by atoms with Crippen molar-refractivity contribution in [1.82, 2.24) is 5.32 Å². The Balaban J connectivity index is 1.58. The molecule has 0 aliphatic rings. The van der Waals surface area contributed by atoms with E-state index in [0.717, 1.165) is 4.88 Å². The maximum Gasteiger partial charge on any atom is 0.255 e. The summed E-state index contributed by atoms with van der Waals surface area (Å²) in [6.45, 7) is 0.517. The van der Waals surface area contributed by atoms with Crippen molar-refractivity contribution < 1.29 is 9.59 Å². The first-order valence-corrected chi connectivity index (χ1v) is 8.37. The van der Waals surface area contributed by atoms with E-state index in [1.165, 1.54) is 0 Å². The van der Waals surface area contributed by atoms with Crippen LogP contribution in [0, 0.1) is 0 Å². The van der Waals surface area contributed by atoms with Crippen LogP contribution < -0.4 is 10.6 Å². The van der Waals surface area contributed by atoms with E-state index in [1.807, 2.05) is 35.7 Å². The van der Waals surface area contributed by atoms with Crippen molar-refractivity contribution in [1.29, 1.82) is 0 Å². The predicted molar refractivity (Wildman–Crippen MR) is 96.3 cm³/mol. The number of anilines is 1. The average molecular weight is 336 g/mol. The molecule has 3 rings (SSSR count). The molecule has 4 nitrogen and oxygen atoms in total. The lowest BCUT2D eigenvalue weighted by molar-refractivity contribution is 0.0950. The van der Waals surface area contributed by atoms with Gasteiger partial charge in [0, 0.05) is 21.7 Å². The Morgan fingerprint density at radius 2 is 1.50 bits per heavy atom. The highest BCUT2D eigenvalue weighted by Gasteiger charge is 2.08. The van der Waals surface area contributed by atoms with Gasteiger partial charge in [0.1, 0.15) is 0 Å². The van der Waals surface area contributed by atoms with E-state index in [0.29, 0.717) is 23.4 Å². The standard InChI is InChI=1S/C19H16N2O2S/c22-18(20-13-17-7-4-12-24-17)15-8-10-16(11-9-15)21-19(23)14-5-2-1-3-6-14/h1-12H,13H2,(H,20,22)(H,21,23). The molecule has 0 spiro atoms. The fraction of sp³-hybridized carbons (Fsp3) is 0.0526. The van der Waals surface area contributed by atoms with E-state index in [4.69, 9.17) is 0 Å². The quantitative estimate of drug-likeness (QED) is 0.742. The highest BCUT2D eigenvalue weighted by molar-refractivity contribution is 7.09. The van der Waals surface area contributed by atoms with Crippen molar-refractivity contribution in [3.8, 4) is 0 Å². The first kappa shape index (κ1) is 16.0. The molecule has 0 bridgehead atoms. The minimum Gasteiger partial charge on any atom is -0.347 e. The van der Waals surface area contributed by atoms with Crippen LogP contribution in [0.5, 0.6) is 0 Å². The summed E-state index contributed by atoms with van der Waals surface area (Å²) in [6.07, 6.45) is 0. The van der Waals surface area contributed by atoms with Gasteiger partial charge in [-0.3, -0.25) is 9.59 Å². The zero-order valence-corrected chi connectivity index (χ0v) is 13.7. The summed E-state index contributed by atoms with van der Waals surface area (Å²) in [7, 11) is 0. The highest BCUT2D eigenvalue weighted by atomic mass is 32.1. The number of carbonyl (C=O) groups is 2. The van der Waals surface area contributed by atoms with Crippen LogP contribution in [-0.2, 0) is 6.54 Å². The van der Waals surface area contributed by atoms with E-state index in [2.05, 4.69) is 10.6 Å². The van der Waals surface area contributed by atoms with Crippen molar-refractivity contribution >= 4 is 28.8 Å². The molecule has 1 aromatic heterocycles. The van der Waals surface area contributed by atoms with E-state index < -0.39 is 0 Å². The Hall–Kier alpha value is -2.92. The number of amides is 2. The Morgan fingerprint density at radius 1 is 0.792 bits per heavy atom.